The maximum Gasteiger partial charge on any atom is 0.237 e. The van der Waals surface area contributed by atoms with Crippen LogP contribution in [0, 0.1) is 0 Å². The lowest BCUT2D eigenvalue weighted by Gasteiger charge is -2.12. The molecular formula is C18H22N2O2. The van der Waals surface area contributed by atoms with Gasteiger partial charge in [-0.05, 0) is 36.2 Å². The predicted molar refractivity (Wildman–Crippen MR) is 87.7 cm³/mol. The van der Waals surface area contributed by atoms with Gasteiger partial charge in [0, 0.05) is 6.54 Å². The molecule has 0 aliphatic heterocycles. The molecule has 2 aromatic carbocycles. The quantitative estimate of drug-likeness (QED) is 0.825. The standard InChI is InChI=1S/C18H22N2O2/c1-2-7-17(19)18(21)20-13-14-8-6-11-16(12-14)22-15-9-4-3-5-10-15/h3-6,8-12,17H,2,7,13,19H2,1H3,(H,20,21). The highest BCUT2D eigenvalue weighted by atomic mass is 16.5. The Morgan fingerprint density at radius 3 is 2.59 bits per heavy atom. The molecule has 4 heteroatoms. The maximum atomic E-state index is 11.8. The first-order chi connectivity index (χ1) is 10.7. The monoisotopic (exact) mass is 298 g/mol. The molecule has 116 valence electrons. The van der Waals surface area contributed by atoms with Crippen LogP contribution in [-0.4, -0.2) is 11.9 Å². The number of benzene rings is 2. The van der Waals surface area contributed by atoms with Crippen LogP contribution in [0.4, 0.5) is 0 Å². The number of hydrogen-bond donors (Lipinski definition) is 2. The fourth-order valence-electron chi connectivity index (χ4n) is 2.11. The SMILES string of the molecule is CCCC(N)C(=O)NCc1cccc(Oc2ccccc2)c1. The van der Waals surface area contributed by atoms with E-state index in [4.69, 9.17) is 10.5 Å². The zero-order valence-corrected chi connectivity index (χ0v) is 12.8. The van der Waals surface area contributed by atoms with Crippen molar-refractivity contribution in [1.82, 2.24) is 5.32 Å². The average Bonchev–Trinajstić information content (AvgIpc) is 2.54. The van der Waals surface area contributed by atoms with Gasteiger partial charge in [-0.15, -0.1) is 0 Å². The van der Waals surface area contributed by atoms with E-state index in [1.165, 1.54) is 0 Å². The van der Waals surface area contributed by atoms with Crippen LogP contribution in [0.2, 0.25) is 0 Å². The zero-order valence-electron chi connectivity index (χ0n) is 12.8. The Kier molecular flexibility index (Phi) is 5.98. The Hall–Kier alpha value is -2.33. The van der Waals surface area contributed by atoms with Gasteiger partial charge in [0.15, 0.2) is 0 Å². The van der Waals surface area contributed by atoms with Gasteiger partial charge >= 0.3 is 0 Å². The number of amides is 1. The normalized spacial score (nSPS) is 11.7. The molecule has 0 saturated carbocycles. The highest BCUT2D eigenvalue weighted by Crippen LogP contribution is 2.21. The lowest BCUT2D eigenvalue weighted by Crippen LogP contribution is -2.40. The van der Waals surface area contributed by atoms with Crippen LogP contribution in [0.1, 0.15) is 25.3 Å². The van der Waals surface area contributed by atoms with Crippen molar-refractivity contribution in [1.29, 1.82) is 0 Å². The van der Waals surface area contributed by atoms with Crippen LogP contribution in [0.25, 0.3) is 0 Å². The van der Waals surface area contributed by atoms with E-state index in [1.54, 1.807) is 0 Å². The molecule has 3 N–H and O–H groups in total. The molecule has 0 spiro atoms. The molecule has 0 saturated heterocycles. The molecule has 0 aromatic heterocycles. The van der Waals surface area contributed by atoms with E-state index in [2.05, 4.69) is 5.32 Å². The summed E-state index contributed by atoms with van der Waals surface area (Å²) in [6.45, 7) is 2.46. The van der Waals surface area contributed by atoms with Gasteiger partial charge in [0.2, 0.25) is 5.91 Å². The summed E-state index contributed by atoms with van der Waals surface area (Å²) in [6.07, 6.45) is 1.60. The van der Waals surface area contributed by atoms with Gasteiger partial charge in [0.05, 0.1) is 6.04 Å². The van der Waals surface area contributed by atoms with Gasteiger partial charge < -0.3 is 15.8 Å². The van der Waals surface area contributed by atoms with Crippen molar-refractivity contribution in [2.45, 2.75) is 32.4 Å². The lowest BCUT2D eigenvalue weighted by atomic mass is 10.1. The molecule has 0 aliphatic carbocycles. The second kappa shape index (κ2) is 8.20. The van der Waals surface area contributed by atoms with Gasteiger partial charge in [0.1, 0.15) is 11.5 Å². The van der Waals surface area contributed by atoms with Gasteiger partial charge in [-0.2, -0.15) is 0 Å². The Bertz CT molecular complexity index is 599. The van der Waals surface area contributed by atoms with E-state index in [-0.39, 0.29) is 5.91 Å². The van der Waals surface area contributed by atoms with Gasteiger partial charge in [-0.3, -0.25) is 4.79 Å². The Labute approximate surface area is 131 Å². The number of para-hydroxylation sites is 1. The van der Waals surface area contributed by atoms with Crippen molar-refractivity contribution in [3.63, 3.8) is 0 Å². The third-order valence-electron chi connectivity index (χ3n) is 3.28. The highest BCUT2D eigenvalue weighted by molar-refractivity contribution is 5.81. The van der Waals surface area contributed by atoms with Crippen molar-refractivity contribution in [2.24, 2.45) is 5.73 Å². The molecule has 1 amide bonds. The molecule has 0 radical (unpaired) electrons. The van der Waals surface area contributed by atoms with Crippen LogP contribution in [-0.2, 0) is 11.3 Å². The molecule has 4 nitrogen and oxygen atoms in total. The average molecular weight is 298 g/mol. The number of hydrogen-bond acceptors (Lipinski definition) is 3. The molecular weight excluding hydrogens is 276 g/mol. The number of carbonyl (C=O) groups is 1. The van der Waals surface area contributed by atoms with Crippen LogP contribution < -0.4 is 15.8 Å². The lowest BCUT2D eigenvalue weighted by molar-refractivity contribution is -0.122. The Morgan fingerprint density at radius 2 is 1.86 bits per heavy atom. The second-order valence-corrected chi connectivity index (χ2v) is 5.18. The van der Waals surface area contributed by atoms with Crippen LogP contribution in [0.15, 0.2) is 54.6 Å². The van der Waals surface area contributed by atoms with E-state index < -0.39 is 6.04 Å². The van der Waals surface area contributed by atoms with E-state index >= 15 is 0 Å². The van der Waals surface area contributed by atoms with E-state index in [0.717, 1.165) is 23.5 Å². The second-order valence-electron chi connectivity index (χ2n) is 5.18. The maximum absolute atomic E-state index is 11.8. The first kappa shape index (κ1) is 16.0. The van der Waals surface area contributed by atoms with Crippen molar-refractivity contribution < 1.29 is 9.53 Å². The summed E-state index contributed by atoms with van der Waals surface area (Å²) in [7, 11) is 0. The van der Waals surface area contributed by atoms with Crippen molar-refractivity contribution in [3.8, 4) is 11.5 Å². The summed E-state index contributed by atoms with van der Waals surface area (Å²) in [5.74, 6) is 1.42. The number of nitrogens with two attached hydrogens (primary N) is 1. The highest BCUT2D eigenvalue weighted by Gasteiger charge is 2.11. The fraction of sp³-hybridized carbons (Fsp3) is 0.278. The van der Waals surface area contributed by atoms with Gasteiger partial charge in [0.25, 0.3) is 0 Å². The molecule has 2 aromatic rings. The van der Waals surface area contributed by atoms with E-state index in [0.29, 0.717) is 13.0 Å². The molecule has 1 atom stereocenters. The third-order valence-corrected chi connectivity index (χ3v) is 3.28. The molecule has 0 aliphatic rings. The summed E-state index contributed by atoms with van der Waals surface area (Å²) in [5, 5.41) is 2.86. The minimum atomic E-state index is -0.436. The van der Waals surface area contributed by atoms with E-state index in [1.807, 2.05) is 61.5 Å². The number of rotatable bonds is 7. The largest absolute Gasteiger partial charge is 0.457 e. The summed E-state index contributed by atoms with van der Waals surface area (Å²) in [6, 6.07) is 16.8. The predicted octanol–water partition coefficient (Wildman–Crippen LogP) is 3.22. The molecule has 2 rings (SSSR count). The van der Waals surface area contributed by atoms with Gasteiger partial charge in [-0.1, -0.05) is 43.7 Å². The van der Waals surface area contributed by atoms with Crippen LogP contribution >= 0.6 is 0 Å². The van der Waals surface area contributed by atoms with Crippen molar-refractivity contribution in [3.05, 3.63) is 60.2 Å². The fourth-order valence-corrected chi connectivity index (χ4v) is 2.11. The van der Waals surface area contributed by atoms with Gasteiger partial charge in [-0.25, -0.2) is 0 Å². The van der Waals surface area contributed by atoms with E-state index in [9.17, 15) is 4.79 Å². The minimum absolute atomic E-state index is 0.115. The number of nitrogens with one attached hydrogen (secondary N) is 1. The summed E-state index contributed by atoms with van der Waals surface area (Å²) in [4.78, 5) is 11.8. The molecule has 22 heavy (non-hydrogen) atoms. The summed E-state index contributed by atoms with van der Waals surface area (Å²) < 4.78 is 5.77. The number of ether oxygens (including phenoxy) is 1. The molecule has 0 fully saturated rings. The molecule has 0 bridgehead atoms. The third kappa shape index (κ3) is 4.90. The van der Waals surface area contributed by atoms with Crippen LogP contribution in [0.3, 0.4) is 0 Å². The zero-order chi connectivity index (χ0) is 15.8. The summed E-state index contributed by atoms with van der Waals surface area (Å²) >= 11 is 0. The van der Waals surface area contributed by atoms with Crippen LogP contribution in [0.5, 0.6) is 11.5 Å². The first-order valence-electron chi connectivity index (χ1n) is 7.54. The van der Waals surface area contributed by atoms with Crippen molar-refractivity contribution >= 4 is 5.91 Å². The topological polar surface area (TPSA) is 64.4 Å². The van der Waals surface area contributed by atoms with Crippen molar-refractivity contribution in [2.75, 3.05) is 0 Å². The number of carbonyl (C=O) groups excluding carboxylic acids is 1. The minimum Gasteiger partial charge on any atom is -0.457 e. The smallest absolute Gasteiger partial charge is 0.237 e. The molecule has 1 unspecified atom stereocenters. The Balaban J connectivity index is 1.93. The summed E-state index contributed by atoms with van der Waals surface area (Å²) in [5.41, 5.74) is 6.76. The first-order valence-corrected chi connectivity index (χ1v) is 7.54. The molecule has 0 heterocycles. The Morgan fingerprint density at radius 1 is 1.14 bits per heavy atom.